The lowest BCUT2D eigenvalue weighted by Gasteiger charge is -2.49. The molecule has 0 radical (unpaired) electrons. The van der Waals surface area contributed by atoms with Crippen molar-refractivity contribution in [3.05, 3.63) is 17.1 Å². The number of hydrogen-bond donors (Lipinski definition) is 0. The average Bonchev–Trinajstić information content (AvgIpc) is 2.81. The second kappa shape index (κ2) is 11.4. The third kappa shape index (κ3) is 6.71. The number of hydrogen-bond acceptors (Lipinski definition) is 2. The number of allylic oxidation sites excluding steroid dienone is 2. The third-order valence-electron chi connectivity index (χ3n) is 8.03. The van der Waals surface area contributed by atoms with E-state index in [9.17, 15) is 4.91 Å². The number of unbranched alkanes of at least 4 members (excludes halogenated alkanes) is 5. The topological polar surface area (TPSA) is 29.4 Å². The van der Waals surface area contributed by atoms with Crippen LogP contribution in [0.2, 0.25) is 0 Å². The predicted molar refractivity (Wildman–Crippen MR) is 118 cm³/mol. The van der Waals surface area contributed by atoms with Crippen molar-refractivity contribution in [2.75, 3.05) is 0 Å². The second-order valence-corrected chi connectivity index (χ2v) is 10.2. The van der Waals surface area contributed by atoms with Crippen LogP contribution >= 0.6 is 0 Å². The highest BCUT2D eigenvalue weighted by Crippen LogP contribution is 2.56. The van der Waals surface area contributed by atoms with Gasteiger partial charge in [-0.05, 0) is 74.5 Å². The van der Waals surface area contributed by atoms with Crippen LogP contribution in [0, 0.1) is 21.7 Å². The monoisotopic (exact) mass is 375 g/mol. The fraction of sp³-hybridized carbons (Fsp3) is 0.920. The Balaban J connectivity index is 2.00. The smallest absolute Gasteiger partial charge is 0.0925 e. The Bertz CT molecular complexity index is 459. The Morgan fingerprint density at radius 3 is 2.41 bits per heavy atom. The first kappa shape index (κ1) is 22.6. The molecule has 1 fully saturated rings. The van der Waals surface area contributed by atoms with E-state index in [4.69, 9.17) is 0 Å². The summed E-state index contributed by atoms with van der Waals surface area (Å²) in [6.45, 7) is 7.33. The molecule has 2 rings (SSSR count). The summed E-state index contributed by atoms with van der Waals surface area (Å²) in [5, 5.41) is 3.57. The average molecular weight is 376 g/mol. The lowest BCUT2D eigenvalue weighted by Crippen LogP contribution is -2.40. The zero-order valence-electron chi connectivity index (χ0n) is 18.5. The summed E-state index contributed by atoms with van der Waals surface area (Å²) >= 11 is 0. The highest BCUT2D eigenvalue weighted by Gasteiger charge is 2.47. The van der Waals surface area contributed by atoms with Gasteiger partial charge in [-0.1, -0.05) is 83.0 Å². The molecule has 0 saturated heterocycles. The van der Waals surface area contributed by atoms with E-state index in [0.717, 1.165) is 18.8 Å². The van der Waals surface area contributed by atoms with Gasteiger partial charge in [-0.3, -0.25) is 0 Å². The normalized spacial score (nSPS) is 35.2. The van der Waals surface area contributed by atoms with Gasteiger partial charge in [0.05, 0.1) is 6.04 Å². The molecule has 4 atom stereocenters. The molecule has 0 amide bonds. The largest absolute Gasteiger partial charge is 0.151 e. The van der Waals surface area contributed by atoms with Gasteiger partial charge in [-0.25, -0.2) is 0 Å². The Morgan fingerprint density at radius 2 is 1.63 bits per heavy atom. The number of nitrogens with zero attached hydrogens (tertiary/aromatic N) is 1. The van der Waals surface area contributed by atoms with E-state index in [1.165, 1.54) is 89.9 Å². The number of nitroso groups, excluding NO2 is 1. The summed E-state index contributed by atoms with van der Waals surface area (Å²) in [6, 6.07) is 0.0439. The maximum Gasteiger partial charge on any atom is 0.0925 e. The lowest BCUT2D eigenvalue weighted by atomic mass is 9.56. The van der Waals surface area contributed by atoms with Gasteiger partial charge < -0.3 is 0 Å². The molecule has 2 nitrogen and oxygen atoms in total. The van der Waals surface area contributed by atoms with Gasteiger partial charge in [0.2, 0.25) is 0 Å². The van der Waals surface area contributed by atoms with E-state index in [0.29, 0.717) is 5.41 Å². The highest BCUT2D eigenvalue weighted by atomic mass is 16.3. The first-order valence-electron chi connectivity index (χ1n) is 12.0. The minimum absolute atomic E-state index is 0.0439. The maximum absolute atomic E-state index is 11.5. The van der Waals surface area contributed by atoms with Crippen LogP contribution in [0.1, 0.15) is 124 Å². The predicted octanol–water partition coefficient (Wildman–Crippen LogP) is 8.60. The molecule has 2 aliphatic carbocycles. The van der Waals surface area contributed by atoms with Gasteiger partial charge in [0, 0.05) is 0 Å². The molecule has 0 spiro atoms. The molecule has 4 unspecified atom stereocenters. The van der Waals surface area contributed by atoms with Crippen molar-refractivity contribution in [1.29, 1.82) is 0 Å². The van der Waals surface area contributed by atoms with Crippen LogP contribution in [0.25, 0.3) is 0 Å². The van der Waals surface area contributed by atoms with E-state index in [1.807, 2.05) is 0 Å². The Morgan fingerprint density at radius 1 is 0.889 bits per heavy atom. The van der Waals surface area contributed by atoms with Crippen molar-refractivity contribution in [2.24, 2.45) is 21.9 Å². The molecule has 0 N–H and O–H groups in total. The lowest BCUT2D eigenvalue weighted by molar-refractivity contribution is 0.0154. The molecule has 0 aliphatic heterocycles. The molecule has 0 aromatic rings. The molecule has 156 valence electrons. The molecular formula is C25H45NO. The molecule has 2 aliphatic rings. The number of rotatable bonds is 9. The molecule has 1 saturated carbocycles. The van der Waals surface area contributed by atoms with Crippen molar-refractivity contribution in [1.82, 2.24) is 0 Å². The summed E-state index contributed by atoms with van der Waals surface area (Å²) in [4.78, 5) is 11.5. The van der Waals surface area contributed by atoms with Crippen molar-refractivity contribution < 1.29 is 0 Å². The van der Waals surface area contributed by atoms with Crippen molar-refractivity contribution >= 4 is 0 Å². The van der Waals surface area contributed by atoms with E-state index in [-0.39, 0.29) is 11.5 Å². The van der Waals surface area contributed by atoms with Gasteiger partial charge >= 0.3 is 0 Å². The fourth-order valence-electron chi connectivity index (χ4n) is 5.89. The third-order valence-corrected chi connectivity index (χ3v) is 8.03. The van der Waals surface area contributed by atoms with Crippen molar-refractivity contribution in [3.8, 4) is 0 Å². The summed E-state index contributed by atoms with van der Waals surface area (Å²) in [5.74, 6) is 0.797. The maximum atomic E-state index is 11.5. The SMILES string of the molecule is CCCCCCCCC1CCC(N=O)CC(C)(C2(C)CCC=CCCC2)C1. The summed E-state index contributed by atoms with van der Waals surface area (Å²) in [5.41, 5.74) is 0.616. The summed E-state index contributed by atoms with van der Waals surface area (Å²) < 4.78 is 0. The van der Waals surface area contributed by atoms with Gasteiger partial charge in [-0.2, -0.15) is 4.91 Å². The van der Waals surface area contributed by atoms with Crippen LogP contribution in [0.15, 0.2) is 17.3 Å². The summed E-state index contributed by atoms with van der Waals surface area (Å²) in [7, 11) is 0. The zero-order chi connectivity index (χ0) is 19.6. The minimum Gasteiger partial charge on any atom is -0.151 e. The molecule has 27 heavy (non-hydrogen) atoms. The van der Waals surface area contributed by atoms with Crippen LogP contribution in [-0.2, 0) is 0 Å². The first-order chi connectivity index (χ1) is 13.0. The molecular weight excluding hydrogens is 330 g/mol. The first-order valence-corrected chi connectivity index (χ1v) is 12.0. The molecule has 0 heterocycles. The zero-order valence-corrected chi connectivity index (χ0v) is 18.5. The van der Waals surface area contributed by atoms with Crippen LogP contribution < -0.4 is 0 Å². The molecule has 0 aromatic heterocycles. The van der Waals surface area contributed by atoms with E-state index in [1.54, 1.807) is 0 Å². The van der Waals surface area contributed by atoms with Crippen LogP contribution in [0.5, 0.6) is 0 Å². The van der Waals surface area contributed by atoms with Gasteiger partial charge in [0.25, 0.3) is 0 Å². The van der Waals surface area contributed by atoms with Crippen LogP contribution in [0.3, 0.4) is 0 Å². The second-order valence-electron chi connectivity index (χ2n) is 10.2. The minimum atomic E-state index is 0.0439. The Kier molecular flexibility index (Phi) is 9.53. The van der Waals surface area contributed by atoms with Crippen molar-refractivity contribution in [3.63, 3.8) is 0 Å². The van der Waals surface area contributed by atoms with E-state index in [2.05, 4.69) is 38.1 Å². The highest BCUT2D eigenvalue weighted by molar-refractivity contribution is 5.00. The van der Waals surface area contributed by atoms with Gasteiger partial charge in [-0.15, -0.1) is 0 Å². The Hall–Kier alpha value is -0.660. The van der Waals surface area contributed by atoms with Crippen molar-refractivity contribution in [2.45, 2.75) is 130 Å². The molecule has 0 aromatic carbocycles. The van der Waals surface area contributed by atoms with E-state index >= 15 is 0 Å². The molecule has 2 heteroatoms. The van der Waals surface area contributed by atoms with Crippen LogP contribution in [0.4, 0.5) is 0 Å². The van der Waals surface area contributed by atoms with Gasteiger partial charge in [0.15, 0.2) is 0 Å². The van der Waals surface area contributed by atoms with Crippen LogP contribution in [-0.4, -0.2) is 6.04 Å². The van der Waals surface area contributed by atoms with E-state index < -0.39 is 0 Å². The fourth-order valence-corrected chi connectivity index (χ4v) is 5.89. The Labute approximate surface area is 168 Å². The summed E-state index contributed by atoms with van der Waals surface area (Å²) in [6.07, 6.45) is 25.3. The van der Waals surface area contributed by atoms with Gasteiger partial charge in [0.1, 0.15) is 0 Å². The molecule has 0 bridgehead atoms. The standard InChI is InChI=1S/C25H45NO/c1-4-5-6-7-9-12-15-22-16-17-23(26-27)21-25(3,20-22)24(2)18-13-10-8-11-14-19-24/h8,10,22-23H,4-7,9,11-21H2,1-3H3. The quantitative estimate of drug-likeness (QED) is 0.172.